The number of hydrogen-bond acceptors (Lipinski definition) is 8. The fraction of sp³-hybridized carbons (Fsp3) is 0.360. The van der Waals surface area contributed by atoms with Crippen molar-refractivity contribution in [2.45, 2.75) is 87.9 Å². The number of aromatic amines is 2. The largest absolute Gasteiger partial charge is 0.465 e. The number of methoxy groups -OCH3 is 1. The van der Waals surface area contributed by atoms with Crippen LogP contribution in [0.4, 0.5) is 22.8 Å². The highest BCUT2D eigenvalue weighted by Gasteiger charge is 2.39. The van der Waals surface area contributed by atoms with Gasteiger partial charge in [0.2, 0.25) is 11.8 Å². The number of aromatic nitrogens is 5. The zero-order valence-corrected chi connectivity index (χ0v) is 39.5. The minimum Gasteiger partial charge on any atom is -0.465 e. The number of ether oxygens (including phenoxy) is 1. The lowest BCUT2D eigenvalue weighted by Crippen LogP contribution is -2.51. The summed E-state index contributed by atoms with van der Waals surface area (Å²) in [5.74, 6) is 0.365. The molecule has 2 fully saturated rings. The van der Waals surface area contributed by atoms with Crippen LogP contribution in [-0.4, -0.2) is 101 Å². The first-order valence-electron chi connectivity index (χ1n) is 22.8. The summed E-state index contributed by atoms with van der Waals surface area (Å²) in [5.41, 5.74) is 2.50. The van der Waals surface area contributed by atoms with Crippen molar-refractivity contribution in [3.8, 4) is 50.7 Å². The molecule has 19 heteroatoms. The number of rotatable bonds is 14. The van der Waals surface area contributed by atoms with Crippen LogP contribution in [0.25, 0.3) is 50.7 Å². The Morgan fingerprint density at radius 1 is 0.681 bits per heavy atom. The Kier molecular flexibility index (Phi) is 14.2. The van der Waals surface area contributed by atoms with Gasteiger partial charge in [-0.25, -0.2) is 19.6 Å². The topological polar surface area (TPSA) is 191 Å². The van der Waals surface area contributed by atoms with Crippen molar-refractivity contribution in [2.24, 2.45) is 11.8 Å². The Hall–Kier alpha value is -7.02. The quantitative estimate of drug-likeness (QED) is 0.0662. The lowest BCUT2D eigenvalue weighted by Gasteiger charge is -2.29. The second-order valence-electron chi connectivity index (χ2n) is 17.9. The maximum Gasteiger partial charge on any atom is 0.446 e. The molecule has 0 unspecified atom stereocenters. The molecule has 2 aliphatic heterocycles. The van der Waals surface area contributed by atoms with Crippen molar-refractivity contribution in [3.63, 3.8) is 0 Å². The Labute approximate surface area is 401 Å². The molecule has 5 heterocycles. The van der Waals surface area contributed by atoms with Crippen molar-refractivity contribution in [1.29, 1.82) is 0 Å². The van der Waals surface area contributed by atoms with Gasteiger partial charge in [-0.1, -0.05) is 76.2 Å². The third kappa shape index (κ3) is 10.7. The number of alkyl carbamates (subject to hydrolysis) is 1. The molecule has 0 radical (unpaired) electrons. The summed E-state index contributed by atoms with van der Waals surface area (Å²) < 4.78 is 46.8. The third-order valence-electron chi connectivity index (χ3n) is 12.7. The van der Waals surface area contributed by atoms with Gasteiger partial charge in [-0.3, -0.25) is 9.59 Å². The van der Waals surface area contributed by atoms with Crippen LogP contribution in [0.15, 0.2) is 102 Å². The number of thioether (sulfide) groups is 1. The Bertz CT molecular complexity index is 2790. The van der Waals surface area contributed by atoms with Crippen LogP contribution in [0.3, 0.4) is 0 Å². The molecule has 362 valence electrons. The number of carbonyl (C=O) groups excluding carboxylic acids is 3. The summed E-state index contributed by atoms with van der Waals surface area (Å²) in [4.78, 5) is 70.6. The van der Waals surface area contributed by atoms with Gasteiger partial charge in [0, 0.05) is 47.2 Å². The smallest absolute Gasteiger partial charge is 0.446 e. The number of H-pyrrole nitrogens is 2. The lowest BCUT2D eigenvalue weighted by molar-refractivity contribution is -0.136. The summed E-state index contributed by atoms with van der Waals surface area (Å²) >= 11 is -0.171. The van der Waals surface area contributed by atoms with E-state index in [-0.39, 0.29) is 52.4 Å². The van der Waals surface area contributed by atoms with E-state index in [1.807, 2.05) is 85.3 Å². The molecule has 69 heavy (non-hydrogen) atoms. The van der Waals surface area contributed by atoms with E-state index in [4.69, 9.17) is 14.7 Å². The first-order chi connectivity index (χ1) is 33.0. The molecule has 5 N–H and O–H groups in total. The normalized spacial score (nSPS) is 17.1. The van der Waals surface area contributed by atoms with E-state index in [0.717, 1.165) is 46.5 Å². The van der Waals surface area contributed by atoms with Crippen LogP contribution in [-0.2, 0) is 14.3 Å². The zero-order valence-electron chi connectivity index (χ0n) is 38.7. The summed E-state index contributed by atoms with van der Waals surface area (Å²) in [5, 5.41) is 14.4. The molecule has 0 saturated carbocycles. The number of nitrogens with one attached hydrogen (secondary N) is 4. The van der Waals surface area contributed by atoms with Crippen LogP contribution in [0.5, 0.6) is 0 Å². The monoisotopic (exact) mass is 965 g/mol. The number of imidazole rings is 2. The molecule has 6 aromatic rings. The molecule has 2 aliphatic rings. The average molecular weight is 966 g/mol. The van der Waals surface area contributed by atoms with Gasteiger partial charge in [-0.15, -0.1) is 0 Å². The Morgan fingerprint density at radius 2 is 1.12 bits per heavy atom. The molecular formula is C50H54F3N9O6S. The lowest BCUT2D eigenvalue weighted by atomic mass is 10.0. The number of alkyl halides is 3. The molecule has 0 aliphatic carbocycles. The summed E-state index contributed by atoms with van der Waals surface area (Å²) in [6, 6.07) is 23.6. The van der Waals surface area contributed by atoms with Crippen LogP contribution in [0, 0.1) is 11.8 Å². The van der Waals surface area contributed by atoms with Gasteiger partial charge in [0.25, 0.3) is 0 Å². The number of likely N-dealkylation sites (tertiary alicyclic amines) is 2. The van der Waals surface area contributed by atoms with Crippen LogP contribution < -0.4 is 10.6 Å². The average Bonchev–Trinajstić information content (AvgIpc) is 4.19. The summed E-state index contributed by atoms with van der Waals surface area (Å²) in [6.45, 7) is 8.36. The van der Waals surface area contributed by atoms with Gasteiger partial charge in [0.05, 0.1) is 42.0 Å². The molecular weight excluding hydrogens is 912 g/mol. The van der Waals surface area contributed by atoms with Gasteiger partial charge in [-0.05, 0) is 96.8 Å². The van der Waals surface area contributed by atoms with E-state index >= 15 is 0 Å². The number of hydrogen-bond donors (Lipinski definition) is 5. The summed E-state index contributed by atoms with van der Waals surface area (Å²) in [6.07, 6.45) is 4.60. The van der Waals surface area contributed by atoms with Gasteiger partial charge < -0.3 is 44.8 Å². The molecule has 3 aromatic carbocycles. The first-order valence-corrected chi connectivity index (χ1v) is 23.7. The molecule has 15 nitrogen and oxygen atoms in total. The second kappa shape index (κ2) is 20.3. The van der Waals surface area contributed by atoms with Crippen LogP contribution in [0.1, 0.15) is 77.1 Å². The zero-order chi connectivity index (χ0) is 49.1. The standard InChI is InChI=1S/C50H54F3N9O6S/c1-28(2)42(58-48(65)66)46(63)60-24-6-8-40(60)44-54-26-36(56-44)30-10-14-32(15-11-30)38-22-23-39(62(38)34-18-20-35(21-19-34)69-50(51,52)53)33-16-12-31(13-17-33)37-27-55-45(57-37)41-9-7-25-61(41)47(64)43(29(3)4)59-49(67)68-5/h10-23,26-29,40-43,58H,6-9,24-25H2,1-5H3,(H,54,56)(H,55,57)(H,59,67)(H,65,66)/t40-,41-,42-,43-/m0/s1. The molecule has 4 amide bonds. The van der Waals surface area contributed by atoms with Gasteiger partial charge >= 0.3 is 17.7 Å². The van der Waals surface area contributed by atoms with E-state index in [0.29, 0.717) is 54.7 Å². The van der Waals surface area contributed by atoms with Crippen molar-refractivity contribution in [1.82, 2.24) is 44.9 Å². The number of benzene rings is 3. The fourth-order valence-electron chi connectivity index (χ4n) is 9.23. The Balaban J connectivity index is 1.05. The van der Waals surface area contributed by atoms with E-state index in [9.17, 15) is 37.5 Å². The molecule has 0 spiro atoms. The third-order valence-corrected chi connectivity index (χ3v) is 13.4. The van der Waals surface area contributed by atoms with Crippen molar-refractivity contribution >= 4 is 35.8 Å². The van der Waals surface area contributed by atoms with Gasteiger partial charge in [-0.2, -0.15) is 13.2 Å². The number of carboxylic acid groups (broad SMARTS) is 1. The minimum atomic E-state index is -4.43. The number of amides is 4. The molecule has 3 aromatic heterocycles. The maximum absolute atomic E-state index is 13.7. The van der Waals surface area contributed by atoms with Crippen molar-refractivity contribution in [2.75, 3.05) is 20.2 Å². The first kappa shape index (κ1) is 48.4. The fourth-order valence-corrected chi connectivity index (χ4v) is 9.77. The predicted molar refractivity (Wildman–Crippen MR) is 255 cm³/mol. The van der Waals surface area contributed by atoms with E-state index in [2.05, 4.69) is 20.6 Å². The van der Waals surface area contributed by atoms with Crippen LogP contribution >= 0.6 is 11.8 Å². The highest BCUT2D eigenvalue weighted by molar-refractivity contribution is 8.00. The van der Waals surface area contributed by atoms with Crippen molar-refractivity contribution in [3.05, 3.63) is 109 Å². The highest BCUT2D eigenvalue weighted by atomic mass is 32.2. The SMILES string of the molecule is COC(=O)N[C@H](C(=O)N1CCC[C@H]1c1nc(-c2ccc(-c3ccc(-c4ccc(-c5c[nH]c([C@@H]6CCCN6C(=O)[C@@H](NC(=O)O)C(C)C)n5)cc4)n3-c3ccc(SC(F)(F)F)cc3)cc2)c[nH]1)C(C)C. The number of carbonyl (C=O) groups is 4. The molecule has 2 saturated heterocycles. The number of halogens is 3. The molecule has 0 bridgehead atoms. The van der Waals surface area contributed by atoms with E-state index in [1.54, 1.807) is 42.0 Å². The number of nitrogens with zero attached hydrogens (tertiary/aromatic N) is 5. The summed E-state index contributed by atoms with van der Waals surface area (Å²) in [7, 11) is 1.26. The van der Waals surface area contributed by atoms with Gasteiger partial charge in [0.15, 0.2) is 0 Å². The van der Waals surface area contributed by atoms with E-state index in [1.165, 1.54) is 19.2 Å². The second-order valence-corrected chi connectivity index (χ2v) is 19.0. The van der Waals surface area contributed by atoms with Crippen molar-refractivity contribution < 1.29 is 42.2 Å². The molecule has 8 rings (SSSR count). The predicted octanol–water partition coefficient (Wildman–Crippen LogP) is 10.2. The van der Waals surface area contributed by atoms with Crippen LogP contribution in [0.2, 0.25) is 0 Å². The Morgan fingerprint density at radius 3 is 1.52 bits per heavy atom. The maximum atomic E-state index is 13.7. The van der Waals surface area contributed by atoms with Gasteiger partial charge in [0.1, 0.15) is 23.7 Å². The highest BCUT2D eigenvalue weighted by Crippen LogP contribution is 2.40. The molecule has 4 atom stereocenters. The van der Waals surface area contributed by atoms with E-state index < -0.39 is 29.8 Å². The minimum absolute atomic E-state index is 0.0661.